The van der Waals surface area contributed by atoms with Crippen LogP contribution >= 0.6 is 27.3 Å². The maximum absolute atomic E-state index is 5.75. The third kappa shape index (κ3) is 3.68. The van der Waals surface area contributed by atoms with Gasteiger partial charge in [0.15, 0.2) is 0 Å². The number of benzene rings is 1. The predicted octanol–water partition coefficient (Wildman–Crippen LogP) is 4.86. The molecule has 4 heteroatoms. The molecule has 2 atom stereocenters. The number of aryl methyl sites for hydroxylation is 1. The van der Waals surface area contributed by atoms with Crippen molar-refractivity contribution in [3.8, 4) is 5.75 Å². The molecule has 1 aliphatic rings. The summed E-state index contributed by atoms with van der Waals surface area (Å²) in [6.45, 7) is 5.22. The zero-order valence-electron chi connectivity index (χ0n) is 12.4. The summed E-state index contributed by atoms with van der Waals surface area (Å²) in [6.07, 6.45) is 2.11. The number of rotatable bonds is 4. The average molecular weight is 366 g/mol. The van der Waals surface area contributed by atoms with E-state index in [1.54, 1.807) is 0 Å². The van der Waals surface area contributed by atoms with Crippen LogP contribution in [0.1, 0.15) is 34.7 Å². The van der Waals surface area contributed by atoms with E-state index in [-0.39, 0.29) is 0 Å². The minimum Gasteiger partial charge on any atom is -0.493 e. The van der Waals surface area contributed by atoms with Gasteiger partial charge in [-0.3, -0.25) is 0 Å². The molecule has 1 aromatic heterocycles. The Hall–Kier alpha value is -0.840. The van der Waals surface area contributed by atoms with Crippen LogP contribution in [-0.4, -0.2) is 12.6 Å². The van der Waals surface area contributed by atoms with Crippen molar-refractivity contribution in [2.75, 3.05) is 6.61 Å². The third-order valence-electron chi connectivity index (χ3n) is 3.80. The Morgan fingerprint density at radius 2 is 2.24 bits per heavy atom. The summed E-state index contributed by atoms with van der Waals surface area (Å²) in [5.41, 5.74) is 1.27. The van der Waals surface area contributed by atoms with Gasteiger partial charge in [-0.15, -0.1) is 11.3 Å². The van der Waals surface area contributed by atoms with Crippen LogP contribution in [0.15, 0.2) is 34.8 Å². The minimum atomic E-state index is 0.377. The Labute approximate surface area is 138 Å². The second-order valence-corrected chi connectivity index (χ2v) is 7.94. The predicted molar refractivity (Wildman–Crippen MR) is 92.4 cm³/mol. The fourth-order valence-electron chi connectivity index (χ4n) is 2.84. The highest BCUT2D eigenvalue weighted by Crippen LogP contribution is 2.34. The quantitative estimate of drug-likeness (QED) is 0.834. The molecular weight excluding hydrogens is 346 g/mol. The van der Waals surface area contributed by atoms with Crippen LogP contribution in [0, 0.1) is 6.92 Å². The van der Waals surface area contributed by atoms with Crippen molar-refractivity contribution < 1.29 is 4.74 Å². The highest BCUT2D eigenvalue weighted by Gasteiger charge is 2.23. The van der Waals surface area contributed by atoms with Crippen molar-refractivity contribution in [3.63, 3.8) is 0 Å². The summed E-state index contributed by atoms with van der Waals surface area (Å²) in [4.78, 5) is 2.84. The fourth-order valence-corrected chi connectivity index (χ4v) is 4.24. The molecule has 2 nitrogen and oxygen atoms in total. The molecule has 2 aromatic rings. The zero-order chi connectivity index (χ0) is 14.8. The number of hydrogen-bond acceptors (Lipinski definition) is 3. The molecule has 0 amide bonds. The number of nitrogens with one attached hydrogen (secondary N) is 1. The maximum atomic E-state index is 5.75. The molecule has 2 heterocycles. The van der Waals surface area contributed by atoms with Gasteiger partial charge in [0, 0.05) is 38.3 Å². The highest BCUT2D eigenvalue weighted by atomic mass is 79.9. The molecule has 112 valence electrons. The molecule has 1 N–H and O–H groups in total. The molecule has 21 heavy (non-hydrogen) atoms. The van der Waals surface area contributed by atoms with Gasteiger partial charge in [0.2, 0.25) is 0 Å². The summed E-state index contributed by atoms with van der Waals surface area (Å²) < 4.78 is 6.86. The fraction of sp³-hybridized carbons (Fsp3) is 0.412. The van der Waals surface area contributed by atoms with Gasteiger partial charge in [-0.25, -0.2) is 0 Å². The summed E-state index contributed by atoms with van der Waals surface area (Å²) in [5, 5.41) is 3.77. The Kier molecular flexibility index (Phi) is 4.67. The topological polar surface area (TPSA) is 21.3 Å². The van der Waals surface area contributed by atoms with Crippen molar-refractivity contribution >= 4 is 27.3 Å². The lowest BCUT2D eigenvalue weighted by molar-refractivity contribution is 0.245. The molecule has 0 fully saturated rings. The molecule has 1 aliphatic heterocycles. The molecule has 0 spiro atoms. The molecule has 0 saturated carbocycles. The van der Waals surface area contributed by atoms with Gasteiger partial charge >= 0.3 is 0 Å². The molecule has 1 aromatic carbocycles. The van der Waals surface area contributed by atoms with E-state index in [2.05, 4.69) is 59.4 Å². The molecule has 0 radical (unpaired) electrons. The first kappa shape index (κ1) is 15.1. The molecule has 0 bridgehead atoms. The SMILES string of the molecule is Cc1ccc(CC(C)NC2CCOc3ccc(Br)cc32)s1. The van der Waals surface area contributed by atoms with E-state index in [1.165, 1.54) is 15.3 Å². The Morgan fingerprint density at radius 1 is 1.38 bits per heavy atom. The van der Waals surface area contributed by atoms with E-state index >= 15 is 0 Å². The Balaban J connectivity index is 1.69. The van der Waals surface area contributed by atoms with Gasteiger partial charge in [-0.05, 0) is 50.6 Å². The summed E-state index contributed by atoms with van der Waals surface area (Å²) in [7, 11) is 0. The number of halogens is 1. The van der Waals surface area contributed by atoms with E-state index < -0.39 is 0 Å². The Bertz CT molecular complexity index is 625. The van der Waals surface area contributed by atoms with Crippen LogP contribution in [-0.2, 0) is 6.42 Å². The van der Waals surface area contributed by atoms with Crippen LogP contribution < -0.4 is 10.1 Å². The van der Waals surface area contributed by atoms with Gasteiger partial charge in [0.1, 0.15) is 5.75 Å². The maximum Gasteiger partial charge on any atom is 0.124 e. The van der Waals surface area contributed by atoms with E-state index in [1.807, 2.05) is 17.4 Å². The van der Waals surface area contributed by atoms with Crippen LogP contribution in [0.25, 0.3) is 0 Å². The van der Waals surface area contributed by atoms with Crippen LogP contribution in [0.5, 0.6) is 5.75 Å². The summed E-state index contributed by atoms with van der Waals surface area (Å²) in [5.74, 6) is 1.01. The molecule has 0 saturated heterocycles. The first-order valence-corrected chi connectivity index (χ1v) is 8.96. The van der Waals surface area contributed by atoms with E-state index in [9.17, 15) is 0 Å². The smallest absolute Gasteiger partial charge is 0.124 e. The number of fused-ring (bicyclic) bond motifs is 1. The number of hydrogen-bond donors (Lipinski definition) is 1. The van der Waals surface area contributed by atoms with Gasteiger partial charge in [0.05, 0.1) is 6.61 Å². The van der Waals surface area contributed by atoms with E-state index in [4.69, 9.17) is 4.74 Å². The van der Waals surface area contributed by atoms with Crippen LogP contribution in [0.3, 0.4) is 0 Å². The van der Waals surface area contributed by atoms with E-state index in [0.29, 0.717) is 12.1 Å². The van der Waals surface area contributed by atoms with Crippen molar-refractivity contribution in [3.05, 3.63) is 50.1 Å². The second-order valence-electron chi connectivity index (χ2n) is 5.66. The van der Waals surface area contributed by atoms with Crippen LogP contribution in [0.4, 0.5) is 0 Å². The first-order valence-electron chi connectivity index (χ1n) is 7.35. The molecular formula is C17H20BrNOS. The summed E-state index contributed by atoms with van der Waals surface area (Å²) >= 11 is 5.45. The lowest BCUT2D eigenvalue weighted by Gasteiger charge is -2.29. The van der Waals surface area contributed by atoms with Gasteiger partial charge < -0.3 is 10.1 Å². The van der Waals surface area contributed by atoms with Crippen molar-refractivity contribution in [1.82, 2.24) is 5.32 Å². The lowest BCUT2D eigenvalue weighted by Crippen LogP contribution is -2.34. The lowest BCUT2D eigenvalue weighted by atomic mass is 9.99. The minimum absolute atomic E-state index is 0.377. The summed E-state index contributed by atoms with van der Waals surface area (Å²) in [6, 6.07) is 11.5. The van der Waals surface area contributed by atoms with Crippen molar-refractivity contribution in [1.29, 1.82) is 0 Å². The standard InChI is InChI=1S/C17H20BrNOS/c1-11(9-14-5-3-12(2)21-14)19-16-7-8-20-17-6-4-13(18)10-15(16)17/h3-6,10-11,16,19H,7-9H2,1-2H3. The van der Waals surface area contributed by atoms with Crippen molar-refractivity contribution in [2.45, 2.75) is 38.8 Å². The van der Waals surface area contributed by atoms with Gasteiger partial charge in [0.25, 0.3) is 0 Å². The van der Waals surface area contributed by atoms with Crippen molar-refractivity contribution in [2.24, 2.45) is 0 Å². The molecule has 3 rings (SSSR count). The number of ether oxygens (including phenoxy) is 1. The van der Waals surface area contributed by atoms with Gasteiger partial charge in [-0.1, -0.05) is 15.9 Å². The monoisotopic (exact) mass is 365 g/mol. The number of thiophene rings is 1. The first-order chi connectivity index (χ1) is 10.1. The highest BCUT2D eigenvalue weighted by molar-refractivity contribution is 9.10. The normalized spacial score (nSPS) is 18.9. The third-order valence-corrected chi connectivity index (χ3v) is 5.32. The van der Waals surface area contributed by atoms with Gasteiger partial charge in [-0.2, -0.15) is 0 Å². The van der Waals surface area contributed by atoms with E-state index in [0.717, 1.165) is 29.7 Å². The van der Waals surface area contributed by atoms with Crippen LogP contribution in [0.2, 0.25) is 0 Å². The zero-order valence-corrected chi connectivity index (χ0v) is 14.8. The Morgan fingerprint density at radius 3 is 3.00 bits per heavy atom. The molecule has 2 unspecified atom stereocenters. The largest absolute Gasteiger partial charge is 0.493 e. The molecule has 0 aliphatic carbocycles. The average Bonchev–Trinajstić information content (AvgIpc) is 2.84. The second kappa shape index (κ2) is 6.51.